The molecule has 0 saturated carbocycles. The van der Waals surface area contributed by atoms with E-state index in [4.69, 9.17) is 9.47 Å². The Kier molecular flexibility index (Phi) is 5.29. The van der Waals surface area contributed by atoms with Gasteiger partial charge in [0.25, 0.3) is 0 Å². The van der Waals surface area contributed by atoms with E-state index in [0.717, 1.165) is 24.5 Å². The normalized spacial score (nSPS) is 13.9. The highest BCUT2D eigenvalue weighted by atomic mass is 35.5. The Morgan fingerprint density at radius 2 is 1.83 bits per heavy atom. The van der Waals surface area contributed by atoms with E-state index in [9.17, 15) is 0 Å². The van der Waals surface area contributed by atoms with Crippen LogP contribution in [0.1, 0.15) is 32.8 Å². The summed E-state index contributed by atoms with van der Waals surface area (Å²) in [5.74, 6) is 1.72. The molecule has 1 aromatic carbocycles. The molecule has 1 heterocycles. The maximum Gasteiger partial charge on any atom is 0.161 e. The van der Waals surface area contributed by atoms with Gasteiger partial charge in [-0.05, 0) is 38.0 Å². The van der Waals surface area contributed by atoms with E-state index in [2.05, 4.69) is 38.2 Å². The predicted octanol–water partition coefficient (Wildman–Crippen LogP) is 3.16. The van der Waals surface area contributed by atoms with Crippen LogP contribution in [-0.2, 0) is 6.54 Å². The average Bonchev–Trinajstić information content (AvgIpc) is 2.36. The van der Waals surface area contributed by atoms with E-state index in [0.29, 0.717) is 13.2 Å². The first-order valence-corrected chi connectivity index (χ1v) is 6.24. The molecular formula is C14H22ClNO2. The molecule has 0 aromatic heterocycles. The third-order valence-corrected chi connectivity index (χ3v) is 3.26. The van der Waals surface area contributed by atoms with Gasteiger partial charge < -0.3 is 14.8 Å². The van der Waals surface area contributed by atoms with Gasteiger partial charge in [-0.25, -0.2) is 0 Å². The molecule has 1 N–H and O–H groups in total. The van der Waals surface area contributed by atoms with Gasteiger partial charge in [0.15, 0.2) is 11.5 Å². The molecule has 0 amide bonds. The smallest absolute Gasteiger partial charge is 0.161 e. The number of fused-ring (bicyclic) bond motifs is 1. The zero-order chi connectivity index (χ0) is 12.3. The van der Waals surface area contributed by atoms with Crippen molar-refractivity contribution in [1.29, 1.82) is 0 Å². The van der Waals surface area contributed by atoms with Crippen molar-refractivity contribution in [2.24, 2.45) is 0 Å². The largest absolute Gasteiger partial charge is 0.486 e. The summed E-state index contributed by atoms with van der Waals surface area (Å²) in [7, 11) is 0. The van der Waals surface area contributed by atoms with Crippen LogP contribution < -0.4 is 14.8 Å². The lowest BCUT2D eigenvalue weighted by Crippen LogP contribution is -2.37. The van der Waals surface area contributed by atoms with Crippen LogP contribution in [0.25, 0.3) is 0 Å². The summed E-state index contributed by atoms with van der Waals surface area (Å²) >= 11 is 0. The molecule has 1 aliphatic heterocycles. The summed E-state index contributed by atoms with van der Waals surface area (Å²) in [5.41, 5.74) is 1.41. The second-order valence-corrected chi connectivity index (χ2v) is 5.07. The van der Waals surface area contributed by atoms with Crippen LogP contribution in [0.2, 0.25) is 0 Å². The van der Waals surface area contributed by atoms with Crippen LogP contribution in [0.15, 0.2) is 18.2 Å². The van der Waals surface area contributed by atoms with Gasteiger partial charge in [-0.2, -0.15) is 0 Å². The SMILES string of the molecule is CCC(C)(C)NCc1ccc2c(c1)OCCO2.Cl. The van der Waals surface area contributed by atoms with Crippen molar-refractivity contribution < 1.29 is 9.47 Å². The summed E-state index contributed by atoms with van der Waals surface area (Å²) < 4.78 is 11.1. The zero-order valence-corrected chi connectivity index (χ0v) is 12.1. The molecule has 0 saturated heterocycles. The first-order chi connectivity index (χ1) is 8.11. The molecular weight excluding hydrogens is 250 g/mol. The second-order valence-electron chi connectivity index (χ2n) is 5.07. The fourth-order valence-corrected chi connectivity index (χ4v) is 1.66. The fraction of sp³-hybridized carbons (Fsp3) is 0.571. The highest BCUT2D eigenvalue weighted by molar-refractivity contribution is 5.85. The maximum absolute atomic E-state index is 5.57. The van der Waals surface area contributed by atoms with Crippen LogP contribution in [0.5, 0.6) is 11.5 Å². The van der Waals surface area contributed by atoms with Crippen molar-refractivity contribution in [1.82, 2.24) is 5.32 Å². The van der Waals surface area contributed by atoms with E-state index in [1.54, 1.807) is 0 Å². The lowest BCUT2D eigenvalue weighted by Gasteiger charge is -2.25. The van der Waals surface area contributed by atoms with Gasteiger partial charge in [0, 0.05) is 12.1 Å². The monoisotopic (exact) mass is 271 g/mol. The van der Waals surface area contributed by atoms with Crippen molar-refractivity contribution in [2.45, 2.75) is 39.3 Å². The van der Waals surface area contributed by atoms with Crippen molar-refractivity contribution >= 4 is 12.4 Å². The lowest BCUT2D eigenvalue weighted by molar-refractivity contribution is 0.171. The third kappa shape index (κ3) is 3.79. The molecule has 3 nitrogen and oxygen atoms in total. The fourth-order valence-electron chi connectivity index (χ4n) is 1.66. The average molecular weight is 272 g/mol. The molecule has 0 fully saturated rings. The van der Waals surface area contributed by atoms with Crippen molar-refractivity contribution in [3.05, 3.63) is 23.8 Å². The summed E-state index contributed by atoms with van der Waals surface area (Å²) in [5, 5.41) is 3.54. The first kappa shape index (κ1) is 15.1. The standard InChI is InChI=1S/C14H21NO2.ClH/c1-4-14(2,3)15-10-11-5-6-12-13(9-11)17-8-7-16-12;/h5-6,9,15H,4,7-8,10H2,1-3H3;1H. The van der Waals surface area contributed by atoms with E-state index in [1.807, 2.05) is 6.07 Å². The van der Waals surface area contributed by atoms with E-state index in [1.165, 1.54) is 5.56 Å². The number of ether oxygens (including phenoxy) is 2. The van der Waals surface area contributed by atoms with Gasteiger partial charge in [0.1, 0.15) is 13.2 Å². The van der Waals surface area contributed by atoms with Crippen molar-refractivity contribution in [2.75, 3.05) is 13.2 Å². The van der Waals surface area contributed by atoms with Crippen molar-refractivity contribution in [3.8, 4) is 11.5 Å². The van der Waals surface area contributed by atoms with Crippen LogP contribution in [0, 0.1) is 0 Å². The van der Waals surface area contributed by atoms with Crippen LogP contribution in [-0.4, -0.2) is 18.8 Å². The Hall–Kier alpha value is -0.930. The predicted molar refractivity (Wildman–Crippen MR) is 75.9 cm³/mol. The number of hydrogen-bond donors (Lipinski definition) is 1. The molecule has 0 spiro atoms. The highest BCUT2D eigenvalue weighted by Gasteiger charge is 2.15. The number of benzene rings is 1. The molecule has 0 aliphatic carbocycles. The molecule has 0 unspecified atom stereocenters. The maximum atomic E-state index is 5.57. The zero-order valence-electron chi connectivity index (χ0n) is 11.3. The van der Waals surface area contributed by atoms with E-state index < -0.39 is 0 Å². The Balaban J connectivity index is 0.00000162. The quantitative estimate of drug-likeness (QED) is 0.913. The Morgan fingerprint density at radius 1 is 1.17 bits per heavy atom. The van der Waals surface area contributed by atoms with Crippen LogP contribution in [0.3, 0.4) is 0 Å². The molecule has 0 radical (unpaired) electrons. The molecule has 0 bridgehead atoms. The highest BCUT2D eigenvalue weighted by Crippen LogP contribution is 2.30. The van der Waals surface area contributed by atoms with Crippen LogP contribution >= 0.6 is 12.4 Å². The van der Waals surface area contributed by atoms with Gasteiger partial charge in [-0.15, -0.1) is 12.4 Å². The Morgan fingerprint density at radius 3 is 2.50 bits per heavy atom. The minimum Gasteiger partial charge on any atom is -0.486 e. The summed E-state index contributed by atoms with van der Waals surface area (Å²) in [6, 6.07) is 6.14. The topological polar surface area (TPSA) is 30.5 Å². The van der Waals surface area contributed by atoms with E-state index >= 15 is 0 Å². The number of nitrogens with one attached hydrogen (secondary N) is 1. The Labute approximate surface area is 115 Å². The minimum absolute atomic E-state index is 0. The molecule has 1 aliphatic rings. The number of hydrogen-bond acceptors (Lipinski definition) is 3. The molecule has 2 rings (SSSR count). The molecule has 18 heavy (non-hydrogen) atoms. The second kappa shape index (κ2) is 6.30. The van der Waals surface area contributed by atoms with Gasteiger partial charge in [-0.3, -0.25) is 0 Å². The van der Waals surface area contributed by atoms with Gasteiger partial charge in [0.2, 0.25) is 0 Å². The van der Waals surface area contributed by atoms with Gasteiger partial charge in [-0.1, -0.05) is 13.0 Å². The first-order valence-electron chi connectivity index (χ1n) is 6.24. The third-order valence-electron chi connectivity index (χ3n) is 3.26. The van der Waals surface area contributed by atoms with E-state index in [-0.39, 0.29) is 17.9 Å². The van der Waals surface area contributed by atoms with Crippen LogP contribution in [0.4, 0.5) is 0 Å². The minimum atomic E-state index is 0. The van der Waals surface area contributed by atoms with Crippen molar-refractivity contribution in [3.63, 3.8) is 0 Å². The molecule has 0 atom stereocenters. The Bertz CT molecular complexity index is 393. The van der Waals surface area contributed by atoms with Gasteiger partial charge >= 0.3 is 0 Å². The molecule has 102 valence electrons. The lowest BCUT2D eigenvalue weighted by atomic mass is 10.0. The number of halogens is 1. The number of rotatable bonds is 4. The summed E-state index contributed by atoms with van der Waals surface area (Å²) in [6.45, 7) is 8.77. The summed E-state index contributed by atoms with van der Waals surface area (Å²) in [4.78, 5) is 0. The molecule has 4 heteroatoms. The van der Waals surface area contributed by atoms with Gasteiger partial charge in [0.05, 0.1) is 0 Å². The summed E-state index contributed by atoms with van der Waals surface area (Å²) in [6.07, 6.45) is 1.11. The molecule has 1 aromatic rings.